The molecule has 0 aliphatic rings. The molecule has 1 N–H and O–H groups in total. The minimum atomic E-state index is -4.40. The SMILES string of the molecule is FC(F)(F)c1cc(Br)ccc1NCc1ccncn1. The molecule has 0 aliphatic carbocycles. The van der Waals surface area contributed by atoms with Crippen LogP contribution < -0.4 is 5.32 Å². The fraction of sp³-hybridized carbons (Fsp3) is 0.167. The number of nitrogens with zero attached hydrogens (tertiary/aromatic N) is 2. The molecule has 2 aromatic rings. The van der Waals surface area contributed by atoms with E-state index in [0.29, 0.717) is 10.2 Å². The van der Waals surface area contributed by atoms with Gasteiger partial charge in [0.05, 0.1) is 17.8 Å². The number of benzene rings is 1. The molecule has 2 rings (SSSR count). The molecule has 0 radical (unpaired) electrons. The zero-order valence-corrected chi connectivity index (χ0v) is 11.2. The van der Waals surface area contributed by atoms with Crippen molar-refractivity contribution in [1.29, 1.82) is 0 Å². The third-order valence-electron chi connectivity index (χ3n) is 2.39. The van der Waals surface area contributed by atoms with Crippen LogP contribution in [-0.2, 0) is 12.7 Å². The maximum atomic E-state index is 12.9. The highest BCUT2D eigenvalue weighted by atomic mass is 79.9. The van der Waals surface area contributed by atoms with Crippen LogP contribution in [0.2, 0.25) is 0 Å². The van der Waals surface area contributed by atoms with E-state index in [9.17, 15) is 13.2 Å². The van der Waals surface area contributed by atoms with Gasteiger partial charge in [0, 0.05) is 16.4 Å². The monoisotopic (exact) mass is 331 g/mol. The molecule has 1 aromatic carbocycles. The Morgan fingerprint density at radius 2 is 2.00 bits per heavy atom. The number of hydrogen-bond donors (Lipinski definition) is 1. The first-order valence-corrected chi connectivity index (χ1v) is 6.11. The van der Waals surface area contributed by atoms with E-state index in [1.54, 1.807) is 12.1 Å². The molecular weight excluding hydrogens is 323 g/mol. The van der Waals surface area contributed by atoms with Crippen molar-refractivity contribution in [3.05, 3.63) is 52.5 Å². The van der Waals surface area contributed by atoms with E-state index in [0.717, 1.165) is 6.07 Å². The van der Waals surface area contributed by atoms with Crippen LogP contribution in [0, 0.1) is 0 Å². The summed E-state index contributed by atoms with van der Waals surface area (Å²) in [6.45, 7) is 0.202. The molecule has 1 aromatic heterocycles. The first kappa shape index (κ1) is 13.8. The van der Waals surface area contributed by atoms with Gasteiger partial charge in [0.15, 0.2) is 0 Å². The highest BCUT2D eigenvalue weighted by molar-refractivity contribution is 9.10. The maximum absolute atomic E-state index is 12.9. The summed E-state index contributed by atoms with van der Waals surface area (Å²) in [5.41, 5.74) is -0.0729. The van der Waals surface area contributed by atoms with Crippen LogP contribution in [-0.4, -0.2) is 9.97 Å². The van der Waals surface area contributed by atoms with E-state index in [1.807, 2.05) is 0 Å². The second kappa shape index (κ2) is 5.56. The van der Waals surface area contributed by atoms with Crippen molar-refractivity contribution in [2.45, 2.75) is 12.7 Å². The summed E-state index contributed by atoms with van der Waals surface area (Å²) >= 11 is 3.04. The first-order valence-electron chi connectivity index (χ1n) is 5.32. The predicted octanol–water partition coefficient (Wildman–Crippen LogP) is 3.87. The van der Waals surface area contributed by atoms with Crippen LogP contribution in [0.4, 0.5) is 18.9 Å². The lowest BCUT2D eigenvalue weighted by atomic mass is 10.1. The minimum absolute atomic E-state index is 0.0225. The van der Waals surface area contributed by atoms with Crippen LogP contribution >= 0.6 is 15.9 Å². The van der Waals surface area contributed by atoms with Gasteiger partial charge >= 0.3 is 6.18 Å². The standard InChI is InChI=1S/C12H9BrF3N3/c13-8-1-2-11(10(5-8)12(14,15)16)18-6-9-3-4-17-7-19-9/h1-5,7,18H,6H2. The number of anilines is 1. The first-order chi connectivity index (χ1) is 8.97. The molecule has 0 fully saturated rings. The lowest BCUT2D eigenvalue weighted by molar-refractivity contribution is -0.137. The fourth-order valence-corrected chi connectivity index (χ4v) is 1.87. The lowest BCUT2D eigenvalue weighted by Crippen LogP contribution is -2.11. The third kappa shape index (κ3) is 3.66. The van der Waals surface area contributed by atoms with E-state index in [-0.39, 0.29) is 12.2 Å². The number of hydrogen-bond acceptors (Lipinski definition) is 3. The van der Waals surface area contributed by atoms with Gasteiger partial charge in [-0.15, -0.1) is 0 Å². The Balaban J connectivity index is 2.21. The van der Waals surface area contributed by atoms with Gasteiger partial charge in [0.25, 0.3) is 0 Å². The number of halogens is 4. The largest absolute Gasteiger partial charge is 0.418 e. The van der Waals surface area contributed by atoms with Crippen molar-refractivity contribution in [1.82, 2.24) is 9.97 Å². The Morgan fingerprint density at radius 3 is 2.63 bits per heavy atom. The number of alkyl halides is 3. The van der Waals surface area contributed by atoms with Crippen molar-refractivity contribution in [3.8, 4) is 0 Å². The maximum Gasteiger partial charge on any atom is 0.418 e. The summed E-state index contributed by atoms with van der Waals surface area (Å²) in [7, 11) is 0. The Hall–Kier alpha value is -1.63. The number of rotatable bonds is 3. The average molecular weight is 332 g/mol. The zero-order valence-electron chi connectivity index (χ0n) is 9.58. The van der Waals surface area contributed by atoms with Gasteiger partial charge in [-0.1, -0.05) is 15.9 Å². The van der Waals surface area contributed by atoms with Crippen LogP contribution in [0.3, 0.4) is 0 Å². The topological polar surface area (TPSA) is 37.8 Å². The van der Waals surface area contributed by atoms with E-state index < -0.39 is 11.7 Å². The van der Waals surface area contributed by atoms with Gasteiger partial charge in [-0.2, -0.15) is 13.2 Å². The van der Waals surface area contributed by atoms with Crippen molar-refractivity contribution >= 4 is 21.6 Å². The highest BCUT2D eigenvalue weighted by Crippen LogP contribution is 2.36. The molecule has 0 aliphatic heterocycles. The van der Waals surface area contributed by atoms with Gasteiger partial charge in [-0.3, -0.25) is 0 Å². The van der Waals surface area contributed by atoms with Crippen LogP contribution in [0.5, 0.6) is 0 Å². The second-order valence-corrected chi connectivity index (χ2v) is 4.66. The molecule has 19 heavy (non-hydrogen) atoms. The van der Waals surface area contributed by atoms with E-state index in [1.165, 1.54) is 18.6 Å². The van der Waals surface area contributed by atoms with Crippen molar-refractivity contribution < 1.29 is 13.2 Å². The third-order valence-corrected chi connectivity index (χ3v) is 2.88. The van der Waals surface area contributed by atoms with E-state index in [2.05, 4.69) is 31.2 Å². The molecule has 0 atom stereocenters. The Kier molecular flexibility index (Phi) is 4.04. The Labute approximate surface area is 116 Å². The highest BCUT2D eigenvalue weighted by Gasteiger charge is 2.33. The van der Waals surface area contributed by atoms with Gasteiger partial charge in [-0.05, 0) is 24.3 Å². The van der Waals surface area contributed by atoms with Gasteiger partial charge in [-0.25, -0.2) is 9.97 Å². The Bertz CT molecular complexity index is 558. The smallest absolute Gasteiger partial charge is 0.379 e. The van der Waals surface area contributed by atoms with Gasteiger partial charge < -0.3 is 5.32 Å². The molecule has 0 spiro atoms. The molecular formula is C12H9BrF3N3. The second-order valence-electron chi connectivity index (χ2n) is 3.74. The average Bonchev–Trinajstić information content (AvgIpc) is 2.37. The zero-order chi connectivity index (χ0) is 13.9. The molecule has 1 heterocycles. The van der Waals surface area contributed by atoms with E-state index in [4.69, 9.17) is 0 Å². The number of aromatic nitrogens is 2. The van der Waals surface area contributed by atoms with Gasteiger partial charge in [0.2, 0.25) is 0 Å². The lowest BCUT2D eigenvalue weighted by Gasteiger charge is -2.14. The molecule has 3 nitrogen and oxygen atoms in total. The van der Waals surface area contributed by atoms with Crippen molar-refractivity contribution in [3.63, 3.8) is 0 Å². The molecule has 0 unspecified atom stereocenters. The molecule has 100 valence electrons. The molecule has 7 heteroatoms. The van der Waals surface area contributed by atoms with Crippen molar-refractivity contribution in [2.75, 3.05) is 5.32 Å². The molecule has 0 saturated heterocycles. The minimum Gasteiger partial charge on any atom is -0.379 e. The molecule has 0 bridgehead atoms. The fourth-order valence-electron chi connectivity index (χ4n) is 1.51. The summed E-state index contributed by atoms with van der Waals surface area (Å²) in [5, 5.41) is 2.73. The normalized spacial score (nSPS) is 11.4. The predicted molar refractivity (Wildman–Crippen MR) is 68.5 cm³/mol. The van der Waals surface area contributed by atoms with Crippen LogP contribution in [0.25, 0.3) is 0 Å². The number of nitrogens with one attached hydrogen (secondary N) is 1. The van der Waals surface area contributed by atoms with Crippen LogP contribution in [0.15, 0.2) is 41.3 Å². The summed E-state index contributed by atoms with van der Waals surface area (Å²) in [4.78, 5) is 7.68. The van der Waals surface area contributed by atoms with Crippen molar-refractivity contribution in [2.24, 2.45) is 0 Å². The summed E-state index contributed by atoms with van der Waals surface area (Å²) < 4.78 is 39.0. The molecule has 0 saturated carbocycles. The summed E-state index contributed by atoms with van der Waals surface area (Å²) in [6, 6.07) is 5.62. The Morgan fingerprint density at radius 1 is 1.21 bits per heavy atom. The van der Waals surface area contributed by atoms with Crippen LogP contribution in [0.1, 0.15) is 11.3 Å². The molecule has 0 amide bonds. The van der Waals surface area contributed by atoms with Gasteiger partial charge in [0.1, 0.15) is 6.33 Å². The summed E-state index contributed by atoms with van der Waals surface area (Å²) in [5.74, 6) is 0. The van der Waals surface area contributed by atoms with E-state index >= 15 is 0 Å². The quantitative estimate of drug-likeness (QED) is 0.927. The summed E-state index contributed by atoms with van der Waals surface area (Å²) in [6.07, 6.45) is -1.52.